The van der Waals surface area contributed by atoms with Gasteiger partial charge in [0.05, 0.1) is 13.2 Å². The summed E-state index contributed by atoms with van der Waals surface area (Å²) in [6, 6.07) is 7.39. The first-order valence-corrected chi connectivity index (χ1v) is 8.73. The molecule has 0 saturated heterocycles. The van der Waals surface area contributed by atoms with E-state index in [9.17, 15) is 10.1 Å². The van der Waals surface area contributed by atoms with Gasteiger partial charge < -0.3 is 14.8 Å². The standard InChI is InChI=1S/C20H28N2O3/c1-6-15(5)22-20(23)17(12-21)10-16-8-9-18(25-13-14(3)4)19(11-16)24-7-2/h8-11,14-15H,6-7,13H2,1-5H3,(H,22,23)/b17-10+/t15-/m0/s1. The van der Waals surface area contributed by atoms with E-state index in [0.29, 0.717) is 30.6 Å². The zero-order valence-corrected chi connectivity index (χ0v) is 15.8. The van der Waals surface area contributed by atoms with Crippen LogP contribution in [0.25, 0.3) is 6.08 Å². The van der Waals surface area contributed by atoms with Crippen molar-refractivity contribution >= 4 is 12.0 Å². The van der Waals surface area contributed by atoms with Gasteiger partial charge in [0.15, 0.2) is 11.5 Å². The second kappa shape index (κ2) is 10.4. The van der Waals surface area contributed by atoms with Gasteiger partial charge in [-0.05, 0) is 50.0 Å². The Labute approximate surface area is 150 Å². The quantitative estimate of drug-likeness (QED) is 0.544. The summed E-state index contributed by atoms with van der Waals surface area (Å²) in [6.45, 7) is 11.0. The van der Waals surface area contributed by atoms with Crippen LogP contribution < -0.4 is 14.8 Å². The Balaban J connectivity index is 3.04. The predicted octanol–water partition coefficient (Wildman–Crippen LogP) is 3.94. The Hall–Kier alpha value is -2.48. The number of nitrogens with one attached hydrogen (secondary N) is 1. The lowest BCUT2D eigenvalue weighted by atomic mass is 10.1. The van der Waals surface area contributed by atoms with Crippen LogP contribution in [-0.4, -0.2) is 25.2 Å². The highest BCUT2D eigenvalue weighted by Gasteiger charge is 2.13. The summed E-state index contributed by atoms with van der Waals surface area (Å²) in [5.41, 5.74) is 0.787. The molecule has 0 aliphatic carbocycles. The largest absolute Gasteiger partial charge is 0.490 e. The molecule has 0 aromatic heterocycles. The number of hydrogen-bond acceptors (Lipinski definition) is 4. The molecule has 5 nitrogen and oxygen atoms in total. The summed E-state index contributed by atoms with van der Waals surface area (Å²) in [5.74, 6) is 1.31. The van der Waals surface area contributed by atoms with Crippen molar-refractivity contribution in [2.45, 2.75) is 47.1 Å². The SMILES string of the molecule is CCOc1cc(/C=C(\C#N)C(=O)N[C@@H](C)CC)ccc1OCC(C)C. The molecule has 25 heavy (non-hydrogen) atoms. The molecular weight excluding hydrogens is 316 g/mol. The summed E-state index contributed by atoms with van der Waals surface area (Å²) in [5, 5.41) is 12.1. The molecule has 0 unspecified atom stereocenters. The second-order valence-corrected chi connectivity index (χ2v) is 6.30. The van der Waals surface area contributed by atoms with E-state index in [1.807, 2.05) is 32.9 Å². The molecule has 0 spiro atoms. The fraction of sp³-hybridized carbons (Fsp3) is 0.500. The second-order valence-electron chi connectivity index (χ2n) is 6.30. The van der Waals surface area contributed by atoms with Gasteiger partial charge in [0, 0.05) is 6.04 Å². The van der Waals surface area contributed by atoms with Crippen LogP contribution in [-0.2, 0) is 4.79 Å². The Morgan fingerprint density at radius 1 is 1.24 bits per heavy atom. The highest BCUT2D eigenvalue weighted by atomic mass is 16.5. The molecule has 1 aromatic carbocycles. The molecule has 0 bridgehead atoms. The van der Waals surface area contributed by atoms with Crippen LogP contribution >= 0.6 is 0 Å². The van der Waals surface area contributed by atoms with Crippen LogP contribution in [0.4, 0.5) is 0 Å². The van der Waals surface area contributed by atoms with Gasteiger partial charge in [-0.3, -0.25) is 4.79 Å². The Kier molecular flexibility index (Phi) is 8.55. The zero-order chi connectivity index (χ0) is 18.8. The molecular formula is C20H28N2O3. The maximum atomic E-state index is 12.1. The number of hydrogen-bond donors (Lipinski definition) is 1. The van der Waals surface area contributed by atoms with Gasteiger partial charge in [0.2, 0.25) is 0 Å². The molecule has 1 atom stereocenters. The lowest BCUT2D eigenvalue weighted by molar-refractivity contribution is -0.117. The number of nitrogens with zero attached hydrogens (tertiary/aromatic N) is 1. The van der Waals surface area contributed by atoms with Gasteiger partial charge in [0.25, 0.3) is 5.91 Å². The van der Waals surface area contributed by atoms with Gasteiger partial charge in [0.1, 0.15) is 11.6 Å². The highest BCUT2D eigenvalue weighted by Crippen LogP contribution is 2.29. The van der Waals surface area contributed by atoms with Crippen molar-refractivity contribution in [3.8, 4) is 17.6 Å². The van der Waals surface area contributed by atoms with Gasteiger partial charge in [-0.1, -0.05) is 26.8 Å². The number of ether oxygens (including phenoxy) is 2. The molecule has 1 N–H and O–H groups in total. The van der Waals surface area contributed by atoms with Crippen molar-refractivity contribution in [3.05, 3.63) is 29.3 Å². The molecule has 136 valence electrons. The lowest BCUT2D eigenvalue weighted by Gasteiger charge is -2.14. The van der Waals surface area contributed by atoms with Crippen LogP contribution in [0.2, 0.25) is 0 Å². The van der Waals surface area contributed by atoms with E-state index in [2.05, 4.69) is 19.2 Å². The van der Waals surface area contributed by atoms with Crippen LogP contribution in [0, 0.1) is 17.2 Å². The highest BCUT2D eigenvalue weighted by molar-refractivity contribution is 6.01. The van der Waals surface area contributed by atoms with Crippen molar-refractivity contribution in [2.24, 2.45) is 5.92 Å². The average molecular weight is 344 g/mol. The fourth-order valence-corrected chi connectivity index (χ4v) is 1.98. The van der Waals surface area contributed by atoms with E-state index >= 15 is 0 Å². The minimum Gasteiger partial charge on any atom is -0.490 e. The number of amides is 1. The molecule has 0 aliphatic heterocycles. The number of nitriles is 1. The fourth-order valence-electron chi connectivity index (χ4n) is 1.98. The third-order valence-electron chi connectivity index (χ3n) is 3.51. The summed E-state index contributed by atoms with van der Waals surface area (Å²) >= 11 is 0. The lowest BCUT2D eigenvalue weighted by Crippen LogP contribution is -2.32. The van der Waals surface area contributed by atoms with Crippen molar-refractivity contribution < 1.29 is 14.3 Å². The maximum Gasteiger partial charge on any atom is 0.262 e. The number of benzene rings is 1. The smallest absolute Gasteiger partial charge is 0.262 e. The topological polar surface area (TPSA) is 71.3 Å². The first-order chi connectivity index (χ1) is 11.9. The minimum absolute atomic E-state index is 0.0232. The molecule has 1 amide bonds. The van der Waals surface area contributed by atoms with Crippen LogP contribution in [0.5, 0.6) is 11.5 Å². The van der Waals surface area contributed by atoms with Gasteiger partial charge in [-0.25, -0.2) is 0 Å². The Morgan fingerprint density at radius 2 is 1.96 bits per heavy atom. The normalized spacial score (nSPS) is 12.4. The summed E-state index contributed by atoms with van der Waals surface area (Å²) in [4.78, 5) is 12.1. The number of carbonyl (C=O) groups excluding carboxylic acids is 1. The van der Waals surface area contributed by atoms with E-state index < -0.39 is 0 Å². The Morgan fingerprint density at radius 3 is 2.52 bits per heavy atom. The summed E-state index contributed by atoms with van der Waals surface area (Å²) < 4.78 is 11.4. The van der Waals surface area contributed by atoms with Crippen molar-refractivity contribution in [1.29, 1.82) is 5.26 Å². The van der Waals surface area contributed by atoms with E-state index in [1.54, 1.807) is 18.2 Å². The van der Waals surface area contributed by atoms with Crippen LogP contribution in [0.1, 0.15) is 46.6 Å². The zero-order valence-electron chi connectivity index (χ0n) is 15.8. The van der Waals surface area contributed by atoms with Crippen molar-refractivity contribution in [2.75, 3.05) is 13.2 Å². The number of rotatable bonds is 9. The first-order valence-electron chi connectivity index (χ1n) is 8.73. The first kappa shape index (κ1) is 20.6. The van der Waals surface area contributed by atoms with E-state index in [0.717, 1.165) is 12.0 Å². The van der Waals surface area contributed by atoms with Gasteiger partial charge in [-0.2, -0.15) is 5.26 Å². The minimum atomic E-state index is -0.366. The summed E-state index contributed by atoms with van der Waals surface area (Å²) in [7, 11) is 0. The molecule has 0 saturated carbocycles. The average Bonchev–Trinajstić information content (AvgIpc) is 2.58. The molecule has 1 rings (SSSR count). The van der Waals surface area contributed by atoms with E-state index in [1.165, 1.54) is 0 Å². The van der Waals surface area contributed by atoms with Gasteiger partial charge >= 0.3 is 0 Å². The van der Waals surface area contributed by atoms with Gasteiger partial charge in [-0.15, -0.1) is 0 Å². The van der Waals surface area contributed by atoms with Crippen molar-refractivity contribution in [3.63, 3.8) is 0 Å². The van der Waals surface area contributed by atoms with E-state index in [-0.39, 0.29) is 17.5 Å². The monoisotopic (exact) mass is 344 g/mol. The van der Waals surface area contributed by atoms with E-state index in [4.69, 9.17) is 9.47 Å². The third kappa shape index (κ3) is 6.88. The molecule has 5 heteroatoms. The summed E-state index contributed by atoms with van der Waals surface area (Å²) in [6.07, 6.45) is 2.37. The van der Waals surface area contributed by atoms with Crippen LogP contribution in [0.15, 0.2) is 23.8 Å². The van der Waals surface area contributed by atoms with Crippen molar-refractivity contribution in [1.82, 2.24) is 5.32 Å². The molecule has 0 aliphatic rings. The molecule has 1 aromatic rings. The predicted molar refractivity (Wildman–Crippen MR) is 99.4 cm³/mol. The third-order valence-corrected chi connectivity index (χ3v) is 3.51. The molecule has 0 heterocycles. The maximum absolute atomic E-state index is 12.1. The van der Waals surface area contributed by atoms with Crippen LogP contribution in [0.3, 0.4) is 0 Å². The Bertz CT molecular complexity index is 645. The molecule has 0 radical (unpaired) electrons. The molecule has 0 fully saturated rings. The number of carbonyl (C=O) groups is 1.